The second kappa shape index (κ2) is 14.2. The predicted octanol–water partition coefficient (Wildman–Crippen LogP) is 6.02. The lowest BCUT2D eigenvalue weighted by Crippen LogP contribution is -2.22. The molecule has 4 aromatic rings. The van der Waals surface area contributed by atoms with E-state index in [1.54, 1.807) is 32.3 Å². The molecule has 0 aliphatic carbocycles. The molecule has 208 valence electrons. The van der Waals surface area contributed by atoms with Gasteiger partial charge in [-0.2, -0.15) is 9.49 Å². The molecule has 0 bridgehead atoms. The number of rotatable bonds is 13. The van der Waals surface area contributed by atoms with Crippen LogP contribution in [0, 0.1) is 5.95 Å². The van der Waals surface area contributed by atoms with Crippen LogP contribution in [0.2, 0.25) is 0 Å². The highest BCUT2D eigenvalue weighted by atomic mass is 19.1. The Morgan fingerprint density at radius 1 is 1.00 bits per heavy atom. The summed E-state index contributed by atoms with van der Waals surface area (Å²) in [6.45, 7) is 1.36. The van der Waals surface area contributed by atoms with Crippen molar-refractivity contribution in [1.29, 1.82) is 0 Å². The van der Waals surface area contributed by atoms with Gasteiger partial charge in [0.1, 0.15) is 12.4 Å². The topological polar surface area (TPSA) is 70.2 Å². The average Bonchev–Trinajstić information content (AvgIpc) is 3.35. The van der Waals surface area contributed by atoms with Crippen LogP contribution in [0.25, 0.3) is 22.0 Å². The molecule has 1 aromatic heterocycles. The zero-order chi connectivity index (χ0) is 28.3. The van der Waals surface area contributed by atoms with Crippen LogP contribution in [0.1, 0.15) is 29.5 Å². The van der Waals surface area contributed by atoms with Gasteiger partial charge in [-0.05, 0) is 71.1 Å². The molecule has 0 radical (unpaired) electrons. The van der Waals surface area contributed by atoms with Crippen molar-refractivity contribution in [3.8, 4) is 5.75 Å². The lowest BCUT2D eigenvalue weighted by Gasteiger charge is -2.17. The molecule has 0 saturated heterocycles. The van der Waals surface area contributed by atoms with Crippen molar-refractivity contribution in [3.05, 3.63) is 108 Å². The smallest absolute Gasteiger partial charge is 0.245 e. The first-order valence-electron chi connectivity index (χ1n) is 13.3. The normalized spacial score (nSPS) is 12.1. The Balaban J connectivity index is 1.50. The van der Waals surface area contributed by atoms with Crippen molar-refractivity contribution in [1.82, 2.24) is 20.4 Å². The molecule has 1 amide bonds. The molecular formula is C32H34F2N4O2. The fourth-order valence-corrected chi connectivity index (χ4v) is 4.40. The minimum Gasteiger partial charge on any atom is -0.492 e. The second-order valence-corrected chi connectivity index (χ2v) is 9.47. The molecular weight excluding hydrogens is 510 g/mol. The van der Waals surface area contributed by atoms with Gasteiger partial charge in [-0.25, -0.2) is 0 Å². The molecule has 0 aliphatic rings. The number of benzene rings is 3. The van der Waals surface area contributed by atoms with E-state index in [4.69, 9.17) is 4.74 Å². The lowest BCUT2D eigenvalue weighted by molar-refractivity contribution is -0.123. The van der Waals surface area contributed by atoms with Gasteiger partial charge in [0, 0.05) is 27.1 Å². The van der Waals surface area contributed by atoms with E-state index < -0.39 is 12.6 Å². The first-order valence-corrected chi connectivity index (χ1v) is 13.3. The number of nitrogens with one attached hydrogen (secondary N) is 2. The molecule has 1 heterocycles. The van der Waals surface area contributed by atoms with Crippen molar-refractivity contribution >= 4 is 28.0 Å². The first-order chi connectivity index (χ1) is 19.5. The number of carbonyl (C=O) groups is 1. The summed E-state index contributed by atoms with van der Waals surface area (Å²) < 4.78 is 34.1. The van der Waals surface area contributed by atoms with Crippen LogP contribution in [-0.2, 0) is 4.79 Å². The number of hydrogen-bond donors (Lipinski definition) is 2. The molecule has 6 nitrogen and oxygen atoms in total. The molecule has 2 N–H and O–H groups in total. The Labute approximate surface area is 233 Å². The fraction of sp³-hybridized carbons (Fsp3) is 0.250. The van der Waals surface area contributed by atoms with Crippen LogP contribution in [-0.4, -0.2) is 61.5 Å². The first kappa shape index (κ1) is 28.7. The number of likely N-dealkylation sites (N-methyl/N-ethyl adjacent to an activating group) is 1. The minimum absolute atomic E-state index is 0.0282. The number of nitrogens with zero attached hydrogens (tertiary/aromatic N) is 2. The molecule has 0 aliphatic heterocycles. The van der Waals surface area contributed by atoms with E-state index in [2.05, 4.69) is 15.5 Å². The van der Waals surface area contributed by atoms with Crippen molar-refractivity contribution in [2.75, 3.05) is 40.5 Å². The summed E-state index contributed by atoms with van der Waals surface area (Å²) >= 11 is 0. The van der Waals surface area contributed by atoms with Gasteiger partial charge in [-0.3, -0.25) is 14.3 Å². The predicted molar refractivity (Wildman–Crippen MR) is 156 cm³/mol. The van der Waals surface area contributed by atoms with Crippen LogP contribution in [0.3, 0.4) is 0 Å². The van der Waals surface area contributed by atoms with Gasteiger partial charge in [0.25, 0.3) is 0 Å². The number of alkyl halides is 1. The highest BCUT2D eigenvalue weighted by Crippen LogP contribution is 2.36. The summed E-state index contributed by atoms with van der Waals surface area (Å²) in [5.41, 5.74) is 4.77. The van der Waals surface area contributed by atoms with Crippen LogP contribution < -0.4 is 10.1 Å². The lowest BCUT2D eigenvalue weighted by atomic mass is 9.87. The van der Waals surface area contributed by atoms with Gasteiger partial charge in [0.05, 0.1) is 17.6 Å². The number of hydrogen-bond acceptors (Lipinski definition) is 4. The van der Waals surface area contributed by atoms with Crippen LogP contribution >= 0.6 is 0 Å². The number of halogens is 2. The fourth-order valence-electron chi connectivity index (χ4n) is 4.40. The minimum atomic E-state index is -0.522. The van der Waals surface area contributed by atoms with Gasteiger partial charge >= 0.3 is 0 Å². The Morgan fingerprint density at radius 3 is 2.48 bits per heavy atom. The van der Waals surface area contributed by atoms with E-state index >= 15 is 0 Å². The number of fused-ring (bicyclic) bond motifs is 1. The van der Waals surface area contributed by atoms with Gasteiger partial charge in [-0.15, -0.1) is 0 Å². The standard InChI is InChI=1S/C32H34F2N4O2/c1-38(2)30(39)10-6-7-19-35-20-21-40-26-14-11-24(12-15-26)31(27(17-18-33)23-8-4-3-5-9-23)25-13-16-29-28(22-25)32(34)37-36-29/h3-6,8-16,22,35H,7,17-21H2,1-2H3,(H,36,37)/b10-6+,31-27+. The molecule has 0 spiro atoms. The molecule has 40 heavy (non-hydrogen) atoms. The van der Waals surface area contributed by atoms with E-state index in [0.29, 0.717) is 29.8 Å². The van der Waals surface area contributed by atoms with E-state index in [1.807, 2.05) is 66.7 Å². The maximum absolute atomic E-state index is 14.4. The van der Waals surface area contributed by atoms with Crippen LogP contribution in [0.5, 0.6) is 5.75 Å². The molecule has 8 heteroatoms. The average molecular weight is 545 g/mol. The SMILES string of the molecule is CN(C)C(=O)/C=C/CCNCCOc1ccc(/C(=C(/CCF)c2ccccc2)c2ccc3n[nH]c(F)c3c2)cc1. The van der Waals surface area contributed by atoms with Gasteiger partial charge in [0.2, 0.25) is 11.9 Å². The van der Waals surface area contributed by atoms with Gasteiger partial charge < -0.3 is 15.0 Å². The quantitative estimate of drug-likeness (QED) is 0.123. The summed E-state index contributed by atoms with van der Waals surface area (Å²) in [6.07, 6.45) is 4.39. The Morgan fingerprint density at radius 2 is 1.75 bits per heavy atom. The van der Waals surface area contributed by atoms with Gasteiger partial charge in [-0.1, -0.05) is 54.6 Å². The Bertz CT molecular complexity index is 1460. The number of ether oxygens (including phenoxy) is 1. The summed E-state index contributed by atoms with van der Waals surface area (Å²) in [5.74, 6) is 0.183. The molecule has 4 rings (SSSR count). The maximum Gasteiger partial charge on any atom is 0.245 e. The second-order valence-electron chi connectivity index (χ2n) is 9.47. The third-order valence-electron chi connectivity index (χ3n) is 6.44. The zero-order valence-corrected chi connectivity index (χ0v) is 22.8. The number of H-pyrrole nitrogens is 1. The van der Waals surface area contributed by atoms with E-state index in [9.17, 15) is 13.6 Å². The van der Waals surface area contributed by atoms with Crippen molar-refractivity contribution in [2.45, 2.75) is 12.8 Å². The van der Waals surface area contributed by atoms with E-state index in [-0.39, 0.29) is 12.3 Å². The highest BCUT2D eigenvalue weighted by Gasteiger charge is 2.16. The van der Waals surface area contributed by atoms with Crippen molar-refractivity contribution < 1.29 is 18.3 Å². The Kier molecular flexibility index (Phi) is 10.2. The zero-order valence-electron chi connectivity index (χ0n) is 22.8. The number of aromatic amines is 1. The van der Waals surface area contributed by atoms with Crippen molar-refractivity contribution in [3.63, 3.8) is 0 Å². The van der Waals surface area contributed by atoms with E-state index in [0.717, 1.165) is 40.8 Å². The Hall–Kier alpha value is -4.30. The van der Waals surface area contributed by atoms with E-state index in [1.165, 1.54) is 4.90 Å². The number of aromatic nitrogens is 2. The summed E-state index contributed by atoms with van der Waals surface area (Å²) in [4.78, 5) is 13.1. The van der Waals surface area contributed by atoms with Gasteiger partial charge in [0.15, 0.2) is 0 Å². The van der Waals surface area contributed by atoms with Crippen LogP contribution in [0.15, 0.2) is 84.9 Å². The summed E-state index contributed by atoms with van der Waals surface area (Å²) in [6, 6.07) is 22.8. The third kappa shape index (κ3) is 7.42. The summed E-state index contributed by atoms with van der Waals surface area (Å²) in [5, 5.41) is 10.1. The number of allylic oxidation sites excluding steroid dienone is 1. The molecule has 0 atom stereocenters. The molecule has 0 saturated carbocycles. The number of amides is 1. The monoisotopic (exact) mass is 544 g/mol. The maximum atomic E-state index is 14.4. The third-order valence-corrected chi connectivity index (χ3v) is 6.44. The molecule has 0 fully saturated rings. The number of carbonyl (C=O) groups excluding carboxylic acids is 1. The summed E-state index contributed by atoms with van der Waals surface area (Å²) in [7, 11) is 3.44. The van der Waals surface area contributed by atoms with Crippen LogP contribution in [0.4, 0.5) is 8.78 Å². The highest BCUT2D eigenvalue weighted by molar-refractivity contribution is 6.00. The van der Waals surface area contributed by atoms with Crippen molar-refractivity contribution in [2.24, 2.45) is 0 Å². The molecule has 3 aromatic carbocycles. The largest absolute Gasteiger partial charge is 0.492 e. The molecule has 0 unspecified atom stereocenters.